The number of nitrogens with one attached hydrogen (secondary N) is 1. The topological polar surface area (TPSA) is 47.6 Å². The first-order chi connectivity index (χ1) is 11.7. The molecule has 1 N–H and O–H groups in total. The Balaban J connectivity index is 1.50. The van der Waals surface area contributed by atoms with E-state index in [9.17, 15) is 4.79 Å². The summed E-state index contributed by atoms with van der Waals surface area (Å²) in [6, 6.07) is 10.3. The number of fused-ring (bicyclic) bond motifs is 3. The van der Waals surface area contributed by atoms with Crippen LogP contribution in [0.25, 0.3) is 10.8 Å². The number of carbonyl (C=O) groups is 1. The van der Waals surface area contributed by atoms with Crippen molar-refractivity contribution < 1.29 is 14.3 Å². The van der Waals surface area contributed by atoms with Crippen molar-refractivity contribution in [3.63, 3.8) is 0 Å². The van der Waals surface area contributed by atoms with Crippen LogP contribution in [0, 0.1) is 11.8 Å². The molecule has 1 amide bonds. The molecule has 4 nitrogen and oxygen atoms in total. The van der Waals surface area contributed by atoms with Crippen molar-refractivity contribution in [2.75, 3.05) is 20.3 Å². The normalized spacial score (nSPS) is 19.5. The summed E-state index contributed by atoms with van der Waals surface area (Å²) in [4.78, 5) is 11.9. The molecule has 4 heteroatoms. The zero-order chi connectivity index (χ0) is 16.5. The average molecular weight is 325 g/mol. The van der Waals surface area contributed by atoms with Gasteiger partial charge < -0.3 is 14.8 Å². The Kier molecular flexibility index (Phi) is 4.05. The highest BCUT2D eigenvalue weighted by Gasteiger charge is 2.26. The fourth-order valence-corrected chi connectivity index (χ4v) is 3.41. The summed E-state index contributed by atoms with van der Waals surface area (Å²) in [5, 5.41) is 5.45. The second-order valence-electron chi connectivity index (χ2n) is 6.96. The molecule has 2 aromatic rings. The summed E-state index contributed by atoms with van der Waals surface area (Å²) in [7, 11) is 1.69. The molecule has 0 bridgehead atoms. The Hall–Kier alpha value is -2.23. The number of amides is 1. The molecule has 1 fully saturated rings. The van der Waals surface area contributed by atoms with Crippen molar-refractivity contribution in [1.82, 2.24) is 5.32 Å². The molecule has 1 aliphatic heterocycles. The van der Waals surface area contributed by atoms with Gasteiger partial charge in [-0.25, -0.2) is 0 Å². The van der Waals surface area contributed by atoms with E-state index in [2.05, 4.69) is 23.5 Å². The number of ether oxygens (including phenoxy) is 2. The molecule has 1 unspecified atom stereocenters. The first-order valence-corrected chi connectivity index (χ1v) is 8.72. The number of carbonyl (C=O) groups excluding carboxylic acids is 1. The molecule has 2 aliphatic rings. The van der Waals surface area contributed by atoms with E-state index in [1.807, 2.05) is 12.1 Å². The molecule has 1 atom stereocenters. The lowest BCUT2D eigenvalue weighted by molar-refractivity contribution is -0.121. The Labute approximate surface area is 142 Å². The van der Waals surface area contributed by atoms with Crippen molar-refractivity contribution in [2.24, 2.45) is 11.8 Å². The Morgan fingerprint density at radius 1 is 1.25 bits per heavy atom. The third kappa shape index (κ3) is 3.18. The molecule has 2 aromatic carbocycles. The van der Waals surface area contributed by atoms with Crippen LogP contribution in [0.15, 0.2) is 30.3 Å². The minimum Gasteiger partial charge on any atom is -0.497 e. The summed E-state index contributed by atoms with van der Waals surface area (Å²) in [6.07, 6.45) is 4.02. The maximum atomic E-state index is 11.9. The fraction of sp³-hybridized carbons (Fsp3) is 0.450. The van der Waals surface area contributed by atoms with E-state index >= 15 is 0 Å². The molecule has 126 valence electrons. The van der Waals surface area contributed by atoms with Gasteiger partial charge in [0.05, 0.1) is 13.7 Å². The van der Waals surface area contributed by atoms with Gasteiger partial charge in [0.25, 0.3) is 0 Å². The number of benzene rings is 2. The predicted octanol–water partition coefficient (Wildman–Crippen LogP) is 3.32. The zero-order valence-electron chi connectivity index (χ0n) is 14.0. The monoisotopic (exact) mass is 325 g/mol. The highest BCUT2D eigenvalue weighted by Crippen LogP contribution is 2.35. The third-order valence-corrected chi connectivity index (χ3v) is 5.02. The third-order valence-electron chi connectivity index (χ3n) is 5.02. The number of hydrogen-bond acceptors (Lipinski definition) is 3. The van der Waals surface area contributed by atoms with Crippen molar-refractivity contribution in [2.45, 2.75) is 25.7 Å². The molecule has 1 saturated carbocycles. The standard InChI is InChI=1S/C20H23NO3/c1-23-16-6-4-15-5-7-19-18(17(15)10-16)8-14(12-24-19)11-21-20(22)9-13-2-3-13/h4-7,10,13-14H,2-3,8-9,11-12H2,1H3,(H,21,22). The minimum atomic E-state index is 0.183. The van der Waals surface area contributed by atoms with Gasteiger partial charge in [0, 0.05) is 24.4 Å². The van der Waals surface area contributed by atoms with Crippen LogP contribution in [0.4, 0.5) is 0 Å². The molecule has 4 rings (SSSR count). The molecule has 0 saturated heterocycles. The van der Waals surface area contributed by atoms with Crippen LogP contribution in [-0.2, 0) is 11.2 Å². The van der Waals surface area contributed by atoms with Gasteiger partial charge in [-0.3, -0.25) is 4.79 Å². The van der Waals surface area contributed by atoms with Gasteiger partial charge in [0.2, 0.25) is 5.91 Å². The zero-order valence-corrected chi connectivity index (χ0v) is 14.0. The van der Waals surface area contributed by atoms with E-state index in [4.69, 9.17) is 9.47 Å². The van der Waals surface area contributed by atoms with E-state index in [1.54, 1.807) is 7.11 Å². The van der Waals surface area contributed by atoms with Crippen LogP contribution in [0.2, 0.25) is 0 Å². The molecule has 1 heterocycles. The van der Waals surface area contributed by atoms with Gasteiger partial charge in [-0.2, -0.15) is 0 Å². The summed E-state index contributed by atoms with van der Waals surface area (Å²) in [5.41, 5.74) is 1.22. The van der Waals surface area contributed by atoms with Gasteiger partial charge in [-0.15, -0.1) is 0 Å². The molecule has 1 aliphatic carbocycles. The summed E-state index contributed by atoms with van der Waals surface area (Å²) in [6.45, 7) is 1.34. The van der Waals surface area contributed by atoms with Crippen molar-refractivity contribution in [1.29, 1.82) is 0 Å². The number of hydrogen-bond donors (Lipinski definition) is 1. The lowest BCUT2D eigenvalue weighted by Gasteiger charge is -2.27. The highest BCUT2D eigenvalue weighted by molar-refractivity contribution is 5.89. The van der Waals surface area contributed by atoms with Gasteiger partial charge in [0.15, 0.2) is 0 Å². The average Bonchev–Trinajstić information content (AvgIpc) is 3.43. The molecule has 0 radical (unpaired) electrons. The van der Waals surface area contributed by atoms with Crippen LogP contribution in [0.1, 0.15) is 24.8 Å². The van der Waals surface area contributed by atoms with E-state index in [0.717, 1.165) is 17.9 Å². The van der Waals surface area contributed by atoms with Crippen LogP contribution >= 0.6 is 0 Å². The molecule has 24 heavy (non-hydrogen) atoms. The lowest BCUT2D eigenvalue weighted by Crippen LogP contribution is -2.34. The second-order valence-corrected chi connectivity index (χ2v) is 6.96. The van der Waals surface area contributed by atoms with Gasteiger partial charge in [-0.1, -0.05) is 12.1 Å². The summed E-state index contributed by atoms with van der Waals surface area (Å²) < 4.78 is 11.3. The van der Waals surface area contributed by atoms with Crippen molar-refractivity contribution >= 4 is 16.7 Å². The van der Waals surface area contributed by atoms with Crippen LogP contribution in [0.5, 0.6) is 11.5 Å². The van der Waals surface area contributed by atoms with Crippen LogP contribution in [-0.4, -0.2) is 26.2 Å². The second kappa shape index (κ2) is 6.34. The van der Waals surface area contributed by atoms with Crippen molar-refractivity contribution in [3.8, 4) is 11.5 Å². The van der Waals surface area contributed by atoms with Gasteiger partial charge >= 0.3 is 0 Å². The first-order valence-electron chi connectivity index (χ1n) is 8.72. The number of methoxy groups -OCH3 is 1. The van der Waals surface area contributed by atoms with Crippen LogP contribution in [0.3, 0.4) is 0 Å². The predicted molar refractivity (Wildman–Crippen MR) is 93.5 cm³/mol. The first kappa shape index (κ1) is 15.3. The quantitative estimate of drug-likeness (QED) is 0.917. The highest BCUT2D eigenvalue weighted by atomic mass is 16.5. The van der Waals surface area contributed by atoms with Crippen LogP contribution < -0.4 is 14.8 Å². The summed E-state index contributed by atoms with van der Waals surface area (Å²) >= 11 is 0. The maximum absolute atomic E-state index is 11.9. The summed E-state index contributed by atoms with van der Waals surface area (Å²) in [5.74, 6) is 2.94. The number of rotatable bonds is 5. The smallest absolute Gasteiger partial charge is 0.220 e. The Morgan fingerprint density at radius 3 is 2.88 bits per heavy atom. The van der Waals surface area contributed by atoms with Gasteiger partial charge in [0.1, 0.15) is 11.5 Å². The van der Waals surface area contributed by atoms with E-state index < -0.39 is 0 Å². The minimum absolute atomic E-state index is 0.183. The molecule has 0 spiro atoms. The van der Waals surface area contributed by atoms with Crippen molar-refractivity contribution in [3.05, 3.63) is 35.9 Å². The Bertz CT molecular complexity index is 762. The molecule has 0 aromatic heterocycles. The molecular weight excluding hydrogens is 302 g/mol. The largest absolute Gasteiger partial charge is 0.497 e. The van der Waals surface area contributed by atoms with E-state index in [-0.39, 0.29) is 5.91 Å². The Morgan fingerprint density at radius 2 is 2.08 bits per heavy atom. The SMILES string of the molecule is COc1ccc2ccc3c(c2c1)CC(CNC(=O)CC1CC1)CO3. The van der Waals surface area contributed by atoms with Gasteiger partial charge in [-0.05, 0) is 54.2 Å². The lowest BCUT2D eigenvalue weighted by atomic mass is 9.92. The molecular formula is C20H23NO3. The maximum Gasteiger partial charge on any atom is 0.220 e. The fourth-order valence-electron chi connectivity index (χ4n) is 3.41. The van der Waals surface area contributed by atoms with E-state index in [0.29, 0.717) is 31.4 Å². The van der Waals surface area contributed by atoms with E-state index in [1.165, 1.54) is 29.2 Å².